The minimum absolute atomic E-state index is 0.0856. The zero-order valence-corrected chi connectivity index (χ0v) is 14.1. The Morgan fingerprint density at radius 2 is 1.92 bits per heavy atom. The van der Waals surface area contributed by atoms with Gasteiger partial charge in [-0.2, -0.15) is 5.10 Å². The third kappa shape index (κ3) is 3.42. The second-order valence-electron chi connectivity index (χ2n) is 7.09. The fraction of sp³-hybridized carbons (Fsp3) is 0.611. The van der Waals surface area contributed by atoms with Crippen LogP contribution in [0.4, 0.5) is 8.78 Å². The molecule has 0 aromatic carbocycles. The van der Waals surface area contributed by atoms with Crippen molar-refractivity contribution < 1.29 is 13.6 Å². The van der Waals surface area contributed by atoms with E-state index in [0.29, 0.717) is 17.8 Å². The van der Waals surface area contributed by atoms with Crippen LogP contribution in [0.25, 0.3) is 5.65 Å². The number of nitrogens with zero attached hydrogens (tertiary/aromatic N) is 4. The van der Waals surface area contributed by atoms with Crippen LogP contribution in [0.15, 0.2) is 12.3 Å². The summed E-state index contributed by atoms with van der Waals surface area (Å²) in [7, 11) is 0. The van der Waals surface area contributed by atoms with Gasteiger partial charge in [-0.25, -0.2) is 18.3 Å². The zero-order valence-electron chi connectivity index (χ0n) is 14.1. The summed E-state index contributed by atoms with van der Waals surface area (Å²) in [6.45, 7) is 2.13. The summed E-state index contributed by atoms with van der Waals surface area (Å²) in [5.41, 5.74) is 1.11. The van der Waals surface area contributed by atoms with E-state index in [9.17, 15) is 13.6 Å². The Morgan fingerprint density at radius 1 is 1.20 bits per heavy atom. The lowest BCUT2D eigenvalue weighted by Gasteiger charge is -2.18. The molecule has 0 spiro atoms. The first kappa shape index (κ1) is 16.6. The monoisotopic (exact) mass is 348 g/mol. The number of halogens is 2. The van der Waals surface area contributed by atoms with Crippen molar-refractivity contribution in [3.05, 3.63) is 29.2 Å². The normalized spacial score (nSPS) is 19.5. The number of hydrogen-bond acceptors (Lipinski definition) is 4. The van der Waals surface area contributed by atoms with Gasteiger partial charge < -0.3 is 0 Å². The molecular weight excluding hydrogens is 326 g/mol. The molecule has 7 heteroatoms. The Kier molecular flexibility index (Phi) is 4.50. The molecule has 0 unspecified atom stereocenters. The van der Waals surface area contributed by atoms with Gasteiger partial charge in [0, 0.05) is 11.6 Å². The predicted octanol–water partition coefficient (Wildman–Crippen LogP) is 3.60. The average Bonchev–Trinajstić information content (AvgIpc) is 3.39. The number of ketones is 1. The van der Waals surface area contributed by atoms with E-state index in [-0.39, 0.29) is 23.0 Å². The molecule has 1 saturated carbocycles. The maximum absolute atomic E-state index is 13.4. The van der Waals surface area contributed by atoms with Gasteiger partial charge in [0.2, 0.25) is 0 Å². The van der Waals surface area contributed by atoms with Crippen molar-refractivity contribution in [1.29, 1.82) is 0 Å². The summed E-state index contributed by atoms with van der Waals surface area (Å²) < 4.78 is 27.9. The van der Waals surface area contributed by atoms with E-state index in [1.165, 1.54) is 25.1 Å². The second kappa shape index (κ2) is 6.78. The molecule has 4 rings (SSSR count). The molecule has 0 bridgehead atoms. The van der Waals surface area contributed by atoms with Gasteiger partial charge in [0.1, 0.15) is 5.69 Å². The molecule has 0 N–H and O–H groups in total. The first-order chi connectivity index (χ1) is 12.1. The van der Waals surface area contributed by atoms with Crippen molar-refractivity contribution in [2.45, 2.75) is 50.9 Å². The molecule has 0 atom stereocenters. The largest absolute Gasteiger partial charge is 0.296 e. The molecule has 1 aliphatic heterocycles. The number of aromatic nitrogens is 3. The van der Waals surface area contributed by atoms with Gasteiger partial charge in [0.15, 0.2) is 11.4 Å². The van der Waals surface area contributed by atoms with Crippen LogP contribution in [-0.2, 0) is 0 Å². The van der Waals surface area contributed by atoms with E-state index in [4.69, 9.17) is 0 Å². The topological polar surface area (TPSA) is 50.5 Å². The lowest BCUT2D eigenvalue weighted by Crippen LogP contribution is -2.30. The molecule has 2 aromatic rings. The van der Waals surface area contributed by atoms with Crippen molar-refractivity contribution in [2.75, 3.05) is 19.6 Å². The van der Waals surface area contributed by atoms with E-state index in [1.807, 2.05) is 0 Å². The fourth-order valence-corrected chi connectivity index (χ4v) is 3.53. The minimum atomic E-state index is -2.64. The number of carbonyl (C=O) groups excluding carboxylic acids is 1. The fourth-order valence-electron chi connectivity index (χ4n) is 3.53. The summed E-state index contributed by atoms with van der Waals surface area (Å²) in [4.78, 5) is 19.4. The van der Waals surface area contributed by atoms with Gasteiger partial charge >= 0.3 is 0 Å². The summed E-state index contributed by atoms with van der Waals surface area (Å²) >= 11 is 0. The van der Waals surface area contributed by atoms with E-state index in [1.54, 1.807) is 0 Å². The van der Waals surface area contributed by atoms with Crippen LogP contribution in [0, 0.1) is 0 Å². The van der Waals surface area contributed by atoms with Crippen molar-refractivity contribution in [3.8, 4) is 0 Å². The predicted molar refractivity (Wildman–Crippen MR) is 89.2 cm³/mol. The lowest BCUT2D eigenvalue weighted by atomic mass is 10.2. The van der Waals surface area contributed by atoms with Crippen molar-refractivity contribution in [3.63, 3.8) is 0 Å². The van der Waals surface area contributed by atoms with Gasteiger partial charge in [0.25, 0.3) is 6.43 Å². The van der Waals surface area contributed by atoms with Crippen molar-refractivity contribution in [1.82, 2.24) is 19.5 Å². The van der Waals surface area contributed by atoms with E-state index < -0.39 is 6.43 Å². The summed E-state index contributed by atoms with van der Waals surface area (Å²) in [5.74, 6) is 0.156. The molecule has 134 valence electrons. The van der Waals surface area contributed by atoms with E-state index in [0.717, 1.165) is 43.3 Å². The van der Waals surface area contributed by atoms with Crippen LogP contribution in [0.5, 0.6) is 0 Å². The third-order valence-corrected chi connectivity index (χ3v) is 5.10. The molecule has 5 nitrogen and oxygen atoms in total. The van der Waals surface area contributed by atoms with Gasteiger partial charge in [-0.05, 0) is 44.8 Å². The Balaban J connectivity index is 1.65. The molecule has 2 aliphatic rings. The number of carbonyl (C=O) groups is 1. The molecule has 1 aliphatic carbocycles. The van der Waals surface area contributed by atoms with Crippen molar-refractivity contribution >= 4 is 11.4 Å². The maximum Gasteiger partial charge on any atom is 0.280 e. The van der Waals surface area contributed by atoms with Gasteiger partial charge in [0.05, 0.1) is 18.3 Å². The number of Topliss-reactive ketones (excluding diaryl/α,β-unsaturated/α-hetero) is 1. The summed E-state index contributed by atoms with van der Waals surface area (Å²) in [6.07, 6.45) is 5.29. The number of hydrogen-bond donors (Lipinski definition) is 0. The number of fused-ring (bicyclic) bond motifs is 1. The molecule has 3 heterocycles. The van der Waals surface area contributed by atoms with Crippen LogP contribution in [0.1, 0.15) is 72.6 Å². The number of likely N-dealkylation sites (tertiary alicyclic amines) is 1. The van der Waals surface area contributed by atoms with Crippen LogP contribution < -0.4 is 0 Å². The Labute approximate surface area is 145 Å². The van der Waals surface area contributed by atoms with E-state index in [2.05, 4.69) is 15.0 Å². The Hall–Kier alpha value is -1.89. The summed E-state index contributed by atoms with van der Waals surface area (Å²) in [6, 6.07) is 1.44. The molecular formula is C18H22F2N4O. The molecule has 2 fully saturated rings. The van der Waals surface area contributed by atoms with E-state index >= 15 is 0 Å². The van der Waals surface area contributed by atoms with Gasteiger partial charge in [-0.1, -0.05) is 12.8 Å². The van der Waals surface area contributed by atoms with Crippen LogP contribution in [0.2, 0.25) is 0 Å². The smallest absolute Gasteiger partial charge is 0.280 e. The molecule has 0 amide bonds. The Bertz CT molecular complexity index is 777. The highest BCUT2D eigenvalue weighted by atomic mass is 19.3. The minimum Gasteiger partial charge on any atom is -0.296 e. The highest BCUT2D eigenvalue weighted by Gasteiger charge is 2.29. The highest BCUT2D eigenvalue weighted by Crippen LogP contribution is 2.40. The third-order valence-electron chi connectivity index (χ3n) is 5.10. The molecule has 25 heavy (non-hydrogen) atoms. The Morgan fingerprint density at radius 3 is 2.56 bits per heavy atom. The standard InChI is InChI=1S/C18H22F2N4O/c19-17(20)15-9-14(12-5-6-12)22-18-13(10-21-24(15)18)16(25)11-23-7-3-1-2-4-8-23/h9-10,12,17H,1-8,11H2. The van der Waals surface area contributed by atoms with Gasteiger partial charge in [-0.3, -0.25) is 9.69 Å². The van der Waals surface area contributed by atoms with Crippen LogP contribution in [0.3, 0.4) is 0 Å². The van der Waals surface area contributed by atoms with Crippen molar-refractivity contribution in [2.24, 2.45) is 0 Å². The SMILES string of the molecule is O=C(CN1CCCCCC1)c1cnn2c(C(F)F)cc(C3CC3)nc12. The highest BCUT2D eigenvalue weighted by molar-refractivity contribution is 6.02. The van der Waals surface area contributed by atoms with Crippen LogP contribution >= 0.6 is 0 Å². The first-order valence-corrected chi connectivity index (χ1v) is 9.06. The quantitative estimate of drug-likeness (QED) is 0.775. The van der Waals surface area contributed by atoms with Crippen LogP contribution in [-0.4, -0.2) is 44.9 Å². The number of alkyl halides is 2. The molecule has 0 radical (unpaired) electrons. The average molecular weight is 348 g/mol. The first-order valence-electron chi connectivity index (χ1n) is 9.06. The van der Waals surface area contributed by atoms with Gasteiger partial charge in [-0.15, -0.1) is 0 Å². The maximum atomic E-state index is 13.4. The zero-order chi connectivity index (χ0) is 17.4. The second-order valence-corrected chi connectivity index (χ2v) is 7.09. The summed E-state index contributed by atoms with van der Waals surface area (Å²) in [5, 5.41) is 4.03. The molecule has 1 saturated heterocycles. The number of rotatable bonds is 5. The lowest BCUT2D eigenvalue weighted by molar-refractivity contribution is 0.0934. The molecule has 2 aromatic heterocycles.